The lowest BCUT2D eigenvalue weighted by atomic mass is 10.1. The molecule has 0 aliphatic rings. The smallest absolute Gasteiger partial charge is 0.122 e. The molecule has 3 nitrogen and oxygen atoms in total. The zero-order chi connectivity index (χ0) is 13.1. The molecular formula is C13H14ClNO2S. The topological polar surface area (TPSA) is 42.4 Å². The van der Waals surface area contributed by atoms with E-state index in [1.165, 1.54) is 11.3 Å². The number of halogens is 1. The van der Waals surface area contributed by atoms with Crippen LogP contribution in [0.4, 0.5) is 0 Å². The van der Waals surface area contributed by atoms with Gasteiger partial charge in [0.25, 0.3) is 0 Å². The molecule has 18 heavy (non-hydrogen) atoms. The molecule has 5 heteroatoms. The van der Waals surface area contributed by atoms with Crippen molar-refractivity contribution in [2.24, 2.45) is 0 Å². The first-order chi connectivity index (χ1) is 8.61. The summed E-state index contributed by atoms with van der Waals surface area (Å²) in [6, 6.07) is 5.40. The minimum atomic E-state index is -0.579. The van der Waals surface area contributed by atoms with Crippen LogP contribution in [0.5, 0.6) is 5.75 Å². The van der Waals surface area contributed by atoms with Crippen LogP contribution in [0.2, 0.25) is 5.02 Å². The van der Waals surface area contributed by atoms with Crippen LogP contribution in [0.3, 0.4) is 0 Å². The van der Waals surface area contributed by atoms with Gasteiger partial charge in [-0.25, -0.2) is 4.98 Å². The number of hydrogen-bond donors (Lipinski definition) is 1. The maximum absolute atomic E-state index is 10.2. The van der Waals surface area contributed by atoms with Gasteiger partial charge in [0, 0.05) is 11.4 Å². The third-order valence-electron chi connectivity index (χ3n) is 2.74. The molecule has 0 bridgehead atoms. The first-order valence-electron chi connectivity index (χ1n) is 5.52. The van der Waals surface area contributed by atoms with Crippen molar-refractivity contribution in [3.05, 3.63) is 44.9 Å². The summed E-state index contributed by atoms with van der Waals surface area (Å²) in [5.41, 5.74) is 3.50. The van der Waals surface area contributed by atoms with Gasteiger partial charge in [0.05, 0.1) is 29.3 Å². The first kappa shape index (κ1) is 13.3. The van der Waals surface area contributed by atoms with E-state index in [-0.39, 0.29) is 0 Å². The number of aliphatic hydroxyl groups excluding tert-OH is 1. The van der Waals surface area contributed by atoms with Crippen LogP contribution >= 0.6 is 22.9 Å². The van der Waals surface area contributed by atoms with E-state index < -0.39 is 6.10 Å². The van der Waals surface area contributed by atoms with Crippen molar-refractivity contribution >= 4 is 22.9 Å². The molecule has 0 saturated heterocycles. The fourth-order valence-corrected chi connectivity index (χ4v) is 2.82. The molecule has 0 aliphatic carbocycles. The van der Waals surface area contributed by atoms with Crippen molar-refractivity contribution in [3.63, 3.8) is 0 Å². The van der Waals surface area contributed by atoms with Crippen molar-refractivity contribution in [2.45, 2.75) is 19.4 Å². The van der Waals surface area contributed by atoms with Crippen LogP contribution in [0.25, 0.3) is 0 Å². The number of rotatable bonds is 4. The Balaban J connectivity index is 2.23. The lowest BCUT2D eigenvalue weighted by molar-refractivity contribution is 0.180. The number of methoxy groups -OCH3 is 1. The molecule has 0 saturated carbocycles. The number of thiazole rings is 1. The molecule has 96 valence electrons. The van der Waals surface area contributed by atoms with Gasteiger partial charge in [0.15, 0.2) is 0 Å². The van der Waals surface area contributed by atoms with Crippen LogP contribution in [-0.2, 0) is 6.42 Å². The highest BCUT2D eigenvalue weighted by molar-refractivity contribution is 7.09. The predicted octanol–water partition coefficient (Wildman–Crippen LogP) is 3.39. The second-order valence-electron chi connectivity index (χ2n) is 3.98. The van der Waals surface area contributed by atoms with E-state index in [1.807, 2.05) is 19.1 Å². The van der Waals surface area contributed by atoms with Gasteiger partial charge < -0.3 is 9.84 Å². The Labute approximate surface area is 115 Å². The normalized spacial score (nSPS) is 12.4. The highest BCUT2D eigenvalue weighted by Gasteiger charge is 2.16. The van der Waals surface area contributed by atoms with E-state index in [0.717, 1.165) is 21.9 Å². The monoisotopic (exact) mass is 283 g/mol. The van der Waals surface area contributed by atoms with Crippen molar-refractivity contribution in [1.29, 1.82) is 0 Å². The number of ether oxygens (including phenoxy) is 1. The molecule has 1 aromatic carbocycles. The van der Waals surface area contributed by atoms with E-state index in [2.05, 4.69) is 4.98 Å². The van der Waals surface area contributed by atoms with Gasteiger partial charge in [-0.15, -0.1) is 11.3 Å². The Hall–Kier alpha value is -1.10. The van der Waals surface area contributed by atoms with Gasteiger partial charge >= 0.3 is 0 Å². The molecule has 1 aromatic heterocycles. The fourth-order valence-electron chi connectivity index (χ4n) is 1.84. The molecule has 0 spiro atoms. The third kappa shape index (κ3) is 2.83. The van der Waals surface area contributed by atoms with E-state index in [1.54, 1.807) is 18.7 Å². The van der Waals surface area contributed by atoms with E-state index >= 15 is 0 Å². The molecule has 1 unspecified atom stereocenters. The van der Waals surface area contributed by atoms with Crippen molar-refractivity contribution in [2.75, 3.05) is 7.11 Å². The quantitative estimate of drug-likeness (QED) is 0.935. The number of aryl methyl sites for hydroxylation is 1. The van der Waals surface area contributed by atoms with Crippen LogP contribution < -0.4 is 4.74 Å². The van der Waals surface area contributed by atoms with Crippen molar-refractivity contribution < 1.29 is 9.84 Å². The lowest BCUT2D eigenvalue weighted by Gasteiger charge is -2.13. The Bertz CT molecular complexity index is 542. The standard InChI is InChI=1S/C13H14ClNO2S/c1-8-13(18-7-15-8)11(16)6-9-5-10(14)3-4-12(9)17-2/h3-5,7,11,16H,6H2,1-2H3. The van der Waals surface area contributed by atoms with Crippen LogP contribution in [-0.4, -0.2) is 17.2 Å². The molecule has 0 amide bonds. The first-order valence-corrected chi connectivity index (χ1v) is 6.78. The maximum atomic E-state index is 10.2. The highest BCUT2D eigenvalue weighted by Crippen LogP contribution is 2.30. The van der Waals surface area contributed by atoms with Gasteiger partial charge in [-0.2, -0.15) is 0 Å². The van der Waals surface area contributed by atoms with E-state index in [0.29, 0.717) is 11.4 Å². The summed E-state index contributed by atoms with van der Waals surface area (Å²) in [6.45, 7) is 1.89. The van der Waals surface area contributed by atoms with Gasteiger partial charge in [-0.05, 0) is 30.7 Å². The summed E-state index contributed by atoms with van der Waals surface area (Å²) in [7, 11) is 1.61. The number of aromatic nitrogens is 1. The van der Waals surface area contributed by atoms with E-state index in [9.17, 15) is 5.11 Å². The zero-order valence-corrected chi connectivity index (χ0v) is 11.8. The lowest BCUT2D eigenvalue weighted by Crippen LogP contribution is -2.03. The fraction of sp³-hybridized carbons (Fsp3) is 0.308. The number of hydrogen-bond acceptors (Lipinski definition) is 4. The molecule has 1 N–H and O–H groups in total. The van der Waals surface area contributed by atoms with Crippen LogP contribution in [0.1, 0.15) is 22.2 Å². The molecule has 2 rings (SSSR count). The molecule has 1 atom stereocenters. The van der Waals surface area contributed by atoms with Crippen molar-refractivity contribution in [3.8, 4) is 5.75 Å². The molecular weight excluding hydrogens is 270 g/mol. The SMILES string of the molecule is COc1ccc(Cl)cc1CC(O)c1scnc1C. The number of benzene rings is 1. The number of aliphatic hydroxyl groups is 1. The Morgan fingerprint density at radius 3 is 2.89 bits per heavy atom. The minimum absolute atomic E-state index is 0.465. The van der Waals surface area contributed by atoms with Crippen LogP contribution in [0.15, 0.2) is 23.7 Å². The second-order valence-corrected chi connectivity index (χ2v) is 5.30. The largest absolute Gasteiger partial charge is 0.496 e. The highest BCUT2D eigenvalue weighted by atomic mass is 35.5. The van der Waals surface area contributed by atoms with Crippen molar-refractivity contribution in [1.82, 2.24) is 4.98 Å². The summed E-state index contributed by atoms with van der Waals surface area (Å²) in [6.07, 6.45) is -0.114. The average Bonchev–Trinajstić information content (AvgIpc) is 2.76. The molecule has 0 aliphatic heterocycles. The second kappa shape index (κ2) is 5.69. The van der Waals surface area contributed by atoms with Gasteiger partial charge in [-0.3, -0.25) is 0 Å². The summed E-state index contributed by atoms with van der Waals surface area (Å²) >= 11 is 7.43. The Morgan fingerprint density at radius 2 is 2.28 bits per heavy atom. The maximum Gasteiger partial charge on any atom is 0.122 e. The van der Waals surface area contributed by atoms with Gasteiger partial charge in [0.2, 0.25) is 0 Å². The zero-order valence-electron chi connectivity index (χ0n) is 10.2. The average molecular weight is 284 g/mol. The summed E-state index contributed by atoms with van der Waals surface area (Å²) in [5, 5.41) is 10.9. The third-order valence-corrected chi connectivity index (χ3v) is 4.01. The summed E-state index contributed by atoms with van der Waals surface area (Å²) in [5.74, 6) is 0.737. The summed E-state index contributed by atoms with van der Waals surface area (Å²) < 4.78 is 5.27. The predicted molar refractivity (Wildman–Crippen MR) is 73.5 cm³/mol. The minimum Gasteiger partial charge on any atom is -0.496 e. The van der Waals surface area contributed by atoms with Gasteiger partial charge in [-0.1, -0.05) is 11.6 Å². The molecule has 2 aromatic rings. The summed E-state index contributed by atoms with van der Waals surface area (Å²) in [4.78, 5) is 5.03. The molecule has 0 fully saturated rings. The molecule has 0 radical (unpaired) electrons. The Morgan fingerprint density at radius 1 is 1.50 bits per heavy atom. The van der Waals surface area contributed by atoms with Crippen LogP contribution in [0, 0.1) is 6.92 Å². The van der Waals surface area contributed by atoms with E-state index in [4.69, 9.17) is 16.3 Å². The molecule has 1 heterocycles. The number of nitrogens with zero attached hydrogens (tertiary/aromatic N) is 1. The van der Waals surface area contributed by atoms with Gasteiger partial charge in [0.1, 0.15) is 5.75 Å². The Kier molecular flexibility index (Phi) is 4.22.